The summed E-state index contributed by atoms with van der Waals surface area (Å²) in [4.78, 5) is 12.6. The highest BCUT2D eigenvalue weighted by atomic mass is 16.4. The van der Waals surface area contributed by atoms with Crippen molar-refractivity contribution < 1.29 is 4.42 Å². The SMILES string of the molecule is C=C/C=c1/oc(=O)c2c3c(ccc2/c1=C/C)NC(C)(C)C=C3C. The van der Waals surface area contributed by atoms with E-state index >= 15 is 0 Å². The van der Waals surface area contributed by atoms with E-state index in [2.05, 4.69) is 31.8 Å². The number of benzene rings is 1. The van der Waals surface area contributed by atoms with Gasteiger partial charge < -0.3 is 9.73 Å². The molecule has 118 valence electrons. The average Bonchev–Trinajstić information content (AvgIpc) is 2.46. The van der Waals surface area contributed by atoms with Crippen molar-refractivity contribution in [3.63, 3.8) is 0 Å². The number of fused-ring (bicyclic) bond motifs is 3. The van der Waals surface area contributed by atoms with Crippen molar-refractivity contribution >= 4 is 34.2 Å². The van der Waals surface area contributed by atoms with Crippen LogP contribution < -0.4 is 21.6 Å². The molecule has 23 heavy (non-hydrogen) atoms. The van der Waals surface area contributed by atoms with E-state index < -0.39 is 0 Å². The number of anilines is 1. The Morgan fingerprint density at radius 3 is 2.70 bits per heavy atom. The third-order valence-corrected chi connectivity index (χ3v) is 4.15. The van der Waals surface area contributed by atoms with Crippen LogP contribution >= 0.6 is 0 Å². The van der Waals surface area contributed by atoms with Crippen molar-refractivity contribution in [2.24, 2.45) is 0 Å². The standard InChI is InChI=1S/C20H21NO2/c1-6-8-16-13(7-2)14-9-10-15-17(18(14)19(22)23-16)12(3)11-20(4,5)21-15/h6-11,21H,1H2,2-5H3/b13-7-,16-8+. The monoisotopic (exact) mass is 307 g/mol. The van der Waals surface area contributed by atoms with Crippen LogP contribution in [0.5, 0.6) is 0 Å². The summed E-state index contributed by atoms with van der Waals surface area (Å²) in [6.45, 7) is 11.9. The summed E-state index contributed by atoms with van der Waals surface area (Å²) in [5.41, 5.74) is 3.09. The summed E-state index contributed by atoms with van der Waals surface area (Å²) in [5.74, 6) is 0. The normalized spacial score (nSPS) is 17.7. The van der Waals surface area contributed by atoms with Crippen molar-refractivity contribution in [2.45, 2.75) is 33.2 Å². The van der Waals surface area contributed by atoms with Gasteiger partial charge in [-0.05, 0) is 45.4 Å². The molecule has 0 radical (unpaired) electrons. The first-order valence-corrected chi connectivity index (χ1v) is 7.75. The highest BCUT2D eigenvalue weighted by Crippen LogP contribution is 2.36. The maximum absolute atomic E-state index is 12.6. The molecule has 0 spiro atoms. The molecule has 3 nitrogen and oxygen atoms in total. The molecule has 2 aromatic rings. The number of hydrogen-bond donors (Lipinski definition) is 1. The molecule has 2 heterocycles. The molecule has 1 aliphatic heterocycles. The van der Waals surface area contributed by atoms with Crippen LogP contribution in [0.15, 0.2) is 40.1 Å². The highest BCUT2D eigenvalue weighted by Gasteiger charge is 2.25. The van der Waals surface area contributed by atoms with Gasteiger partial charge in [0.1, 0.15) is 5.42 Å². The second-order valence-electron chi connectivity index (χ2n) is 6.44. The van der Waals surface area contributed by atoms with Gasteiger partial charge in [-0.3, -0.25) is 0 Å². The van der Waals surface area contributed by atoms with E-state index in [4.69, 9.17) is 4.42 Å². The smallest absolute Gasteiger partial charge is 0.344 e. The molecule has 0 saturated heterocycles. The second kappa shape index (κ2) is 5.27. The molecule has 0 unspecified atom stereocenters. The Hall–Kier alpha value is -2.55. The lowest BCUT2D eigenvalue weighted by Crippen LogP contribution is -2.34. The van der Waals surface area contributed by atoms with Crippen LogP contribution in [-0.2, 0) is 0 Å². The van der Waals surface area contributed by atoms with Crippen molar-refractivity contribution in [3.05, 3.63) is 57.5 Å². The molecule has 0 aliphatic carbocycles. The third-order valence-electron chi connectivity index (χ3n) is 4.15. The topological polar surface area (TPSA) is 42.2 Å². The zero-order valence-corrected chi connectivity index (χ0v) is 14.0. The molecule has 0 bridgehead atoms. The summed E-state index contributed by atoms with van der Waals surface area (Å²) in [5, 5.41) is 5.93. The Morgan fingerprint density at radius 2 is 2.04 bits per heavy atom. The first kappa shape index (κ1) is 15.3. The second-order valence-corrected chi connectivity index (χ2v) is 6.44. The molecule has 3 rings (SSSR count). The number of allylic oxidation sites excluding steroid dienone is 2. The lowest BCUT2D eigenvalue weighted by Gasteiger charge is -2.31. The van der Waals surface area contributed by atoms with Crippen LogP contribution in [0.1, 0.15) is 33.3 Å². The molecule has 1 N–H and O–H groups in total. The predicted octanol–water partition coefficient (Wildman–Crippen LogP) is 3.17. The first-order valence-electron chi connectivity index (χ1n) is 7.75. The van der Waals surface area contributed by atoms with Gasteiger partial charge in [-0.25, -0.2) is 4.79 Å². The van der Waals surface area contributed by atoms with E-state index in [0.717, 1.165) is 27.4 Å². The molecular weight excluding hydrogens is 286 g/mol. The van der Waals surface area contributed by atoms with E-state index in [0.29, 0.717) is 10.8 Å². The lowest BCUT2D eigenvalue weighted by atomic mass is 9.88. The van der Waals surface area contributed by atoms with Gasteiger partial charge in [0, 0.05) is 21.9 Å². The average molecular weight is 307 g/mol. The van der Waals surface area contributed by atoms with Crippen molar-refractivity contribution in [1.29, 1.82) is 0 Å². The Kier molecular flexibility index (Phi) is 3.52. The molecule has 1 aromatic carbocycles. The molecule has 1 aliphatic rings. The van der Waals surface area contributed by atoms with E-state index in [1.807, 2.05) is 32.1 Å². The molecule has 0 saturated carbocycles. The van der Waals surface area contributed by atoms with Gasteiger partial charge >= 0.3 is 5.63 Å². The Bertz CT molecular complexity index is 1020. The Balaban J connectivity index is 2.54. The fourth-order valence-corrected chi connectivity index (χ4v) is 3.42. The van der Waals surface area contributed by atoms with Gasteiger partial charge in [-0.15, -0.1) is 0 Å². The van der Waals surface area contributed by atoms with Crippen molar-refractivity contribution in [1.82, 2.24) is 0 Å². The van der Waals surface area contributed by atoms with Crippen LogP contribution in [0.25, 0.3) is 28.5 Å². The Labute approximate surface area is 135 Å². The number of hydrogen-bond acceptors (Lipinski definition) is 3. The maximum Gasteiger partial charge on any atom is 0.344 e. The van der Waals surface area contributed by atoms with E-state index in [-0.39, 0.29) is 11.2 Å². The maximum atomic E-state index is 12.6. The highest BCUT2D eigenvalue weighted by molar-refractivity contribution is 6.00. The van der Waals surface area contributed by atoms with Gasteiger partial charge in [0.2, 0.25) is 0 Å². The quantitative estimate of drug-likeness (QED) is 0.880. The summed E-state index contributed by atoms with van der Waals surface area (Å²) < 4.78 is 5.55. The minimum atomic E-state index is -0.315. The summed E-state index contributed by atoms with van der Waals surface area (Å²) >= 11 is 0. The zero-order valence-electron chi connectivity index (χ0n) is 14.0. The molecule has 1 aromatic heterocycles. The van der Waals surface area contributed by atoms with Crippen LogP contribution in [0.3, 0.4) is 0 Å². The minimum absolute atomic E-state index is 0.138. The van der Waals surface area contributed by atoms with Gasteiger partial charge in [-0.2, -0.15) is 0 Å². The summed E-state index contributed by atoms with van der Waals surface area (Å²) in [6, 6.07) is 4.03. The van der Waals surface area contributed by atoms with E-state index in [1.54, 1.807) is 12.2 Å². The third kappa shape index (κ3) is 2.42. The zero-order chi connectivity index (χ0) is 16.8. The molecular formula is C20H21NO2. The number of nitrogens with one attached hydrogen (secondary N) is 1. The number of rotatable bonds is 1. The summed E-state index contributed by atoms with van der Waals surface area (Å²) in [7, 11) is 0. The fourth-order valence-electron chi connectivity index (χ4n) is 3.42. The molecule has 0 fully saturated rings. The van der Waals surface area contributed by atoms with Gasteiger partial charge in [0.05, 0.1) is 10.9 Å². The molecule has 0 atom stereocenters. The van der Waals surface area contributed by atoms with Crippen molar-refractivity contribution in [2.75, 3.05) is 5.32 Å². The largest absolute Gasteiger partial charge is 0.422 e. The minimum Gasteiger partial charge on any atom is -0.422 e. The lowest BCUT2D eigenvalue weighted by molar-refractivity contribution is 0.482. The van der Waals surface area contributed by atoms with Crippen LogP contribution in [0.4, 0.5) is 5.69 Å². The Morgan fingerprint density at radius 1 is 1.30 bits per heavy atom. The first-order chi connectivity index (χ1) is 10.9. The summed E-state index contributed by atoms with van der Waals surface area (Å²) in [6.07, 6.45) is 7.46. The molecule has 3 heteroatoms. The predicted molar refractivity (Wildman–Crippen MR) is 97.9 cm³/mol. The van der Waals surface area contributed by atoms with Crippen LogP contribution in [0, 0.1) is 0 Å². The van der Waals surface area contributed by atoms with Crippen LogP contribution in [0.2, 0.25) is 0 Å². The van der Waals surface area contributed by atoms with E-state index in [1.165, 1.54) is 0 Å². The van der Waals surface area contributed by atoms with Crippen molar-refractivity contribution in [3.8, 4) is 0 Å². The van der Waals surface area contributed by atoms with Crippen LogP contribution in [-0.4, -0.2) is 5.54 Å². The van der Waals surface area contributed by atoms with Gasteiger partial charge in [0.15, 0.2) is 0 Å². The van der Waals surface area contributed by atoms with E-state index in [9.17, 15) is 4.79 Å². The fraction of sp³-hybridized carbons (Fsp3) is 0.250. The molecule has 0 amide bonds. The van der Waals surface area contributed by atoms with Gasteiger partial charge in [0.25, 0.3) is 0 Å². The van der Waals surface area contributed by atoms with Gasteiger partial charge in [-0.1, -0.05) is 30.9 Å².